The van der Waals surface area contributed by atoms with Crippen LogP contribution >= 0.6 is 0 Å². The number of ether oxygens (including phenoxy) is 2. The van der Waals surface area contributed by atoms with Crippen molar-refractivity contribution in [1.29, 1.82) is 0 Å². The molecule has 3 rings (SSSR count). The highest BCUT2D eigenvalue weighted by atomic mass is 19.1. The van der Waals surface area contributed by atoms with Crippen LogP contribution in [-0.4, -0.2) is 50.8 Å². The van der Waals surface area contributed by atoms with Gasteiger partial charge in [-0.15, -0.1) is 0 Å². The van der Waals surface area contributed by atoms with Gasteiger partial charge in [0.2, 0.25) is 5.91 Å². The molecule has 2 aliphatic heterocycles. The fraction of sp³-hybridized carbons (Fsp3) is 0.529. The largest absolute Gasteiger partial charge is 0.460 e. The molecule has 6 nitrogen and oxygen atoms in total. The van der Waals surface area contributed by atoms with Crippen LogP contribution in [0.1, 0.15) is 24.8 Å². The van der Waals surface area contributed by atoms with Gasteiger partial charge in [0.25, 0.3) is 0 Å². The van der Waals surface area contributed by atoms with Gasteiger partial charge in [0.1, 0.15) is 23.4 Å². The first-order valence-corrected chi connectivity index (χ1v) is 8.22. The van der Waals surface area contributed by atoms with Crippen molar-refractivity contribution in [2.45, 2.75) is 25.4 Å². The van der Waals surface area contributed by atoms with Gasteiger partial charge < -0.3 is 19.7 Å². The van der Waals surface area contributed by atoms with Crippen molar-refractivity contribution in [1.82, 2.24) is 5.32 Å². The van der Waals surface area contributed by atoms with Crippen LogP contribution in [0, 0.1) is 11.6 Å². The topological polar surface area (TPSA) is 67.9 Å². The number of morpholine rings is 1. The van der Waals surface area contributed by atoms with Gasteiger partial charge in [-0.3, -0.25) is 9.59 Å². The summed E-state index contributed by atoms with van der Waals surface area (Å²) < 4.78 is 39.4. The van der Waals surface area contributed by atoms with Crippen LogP contribution in [0.25, 0.3) is 0 Å². The van der Waals surface area contributed by atoms with Crippen molar-refractivity contribution < 1.29 is 27.8 Å². The maximum absolute atomic E-state index is 14.5. The first-order chi connectivity index (χ1) is 12.0. The number of hydrogen-bond donors (Lipinski definition) is 1. The zero-order chi connectivity index (χ0) is 18.0. The minimum atomic E-state index is -0.735. The van der Waals surface area contributed by atoms with Crippen LogP contribution in [0.15, 0.2) is 12.1 Å². The molecule has 1 aromatic rings. The molecule has 0 spiro atoms. The Balaban J connectivity index is 1.76. The van der Waals surface area contributed by atoms with Crippen LogP contribution in [0.3, 0.4) is 0 Å². The zero-order valence-electron chi connectivity index (χ0n) is 13.9. The van der Waals surface area contributed by atoms with Gasteiger partial charge in [-0.25, -0.2) is 8.78 Å². The molecule has 1 amide bonds. The lowest BCUT2D eigenvalue weighted by atomic mass is 9.95. The van der Waals surface area contributed by atoms with Gasteiger partial charge in [-0.2, -0.15) is 0 Å². The summed E-state index contributed by atoms with van der Waals surface area (Å²) in [5.41, 5.74) is 0.163. The summed E-state index contributed by atoms with van der Waals surface area (Å²) in [6, 6.07) is 2.39. The number of amides is 1. The minimum absolute atomic E-state index is 0.0896. The molecule has 2 fully saturated rings. The molecule has 0 saturated carbocycles. The van der Waals surface area contributed by atoms with E-state index in [9.17, 15) is 18.4 Å². The number of carbonyl (C=O) groups excluding carboxylic acids is 2. The Kier molecular flexibility index (Phi) is 5.17. The summed E-state index contributed by atoms with van der Waals surface area (Å²) in [6.45, 7) is 3.22. The van der Waals surface area contributed by atoms with Crippen molar-refractivity contribution in [3.63, 3.8) is 0 Å². The van der Waals surface area contributed by atoms with E-state index in [0.717, 1.165) is 0 Å². The van der Waals surface area contributed by atoms with E-state index in [1.165, 1.54) is 19.1 Å². The Hall–Kier alpha value is -2.22. The van der Waals surface area contributed by atoms with E-state index in [0.29, 0.717) is 26.3 Å². The van der Waals surface area contributed by atoms with E-state index >= 15 is 0 Å². The van der Waals surface area contributed by atoms with Crippen molar-refractivity contribution in [2.75, 3.05) is 37.7 Å². The molecule has 2 heterocycles. The molecule has 0 radical (unpaired) electrons. The van der Waals surface area contributed by atoms with Crippen molar-refractivity contribution >= 4 is 17.6 Å². The summed E-state index contributed by atoms with van der Waals surface area (Å²) in [4.78, 5) is 24.6. The third-order valence-corrected chi connectivity index (χ3v) is 4.41. The molecule has 1 N–H and O–H groups in total. The van der Waals surface area contributed by atoms with Gasteiger partial charge in [-0.1, -0.05) is 0 Å². The zero-order valence-corrected chi connectivity index (χ0v) is 13.9. The maximum atomic E-state index is 14.5. The average molecular weight is 354 g/mol. The Labute approximate surface area is 144 Å². The quantitative estimate of drug-likeness (QED) is 0.827. The summed E-state index contributed by atoms with van der Waals surface area (Å²) >= 11 is 0. The van der Waals surface area contributed by atoms with Crippen LogP contribution in [-0.2, 0) is 19.1 Å². The van der Waals surface area contributed by atoms with Crippen LogP contribution in [0.4, 0.5) is 14.5 Å². The summed E-state index contributed by atoms with van der Waals surface area (Å²) in [5, 5.41) is 2.57. The van der Waals surface area contributed by atoms with E-state index in [1.807, 2.05) is 0 Å². The molecule has 2 aliphatic rings. The van der Waals surface area contributed by atoms with Crippen LogP contribution in [0.2, 0.25) is 0 Å². The number of esters is 1. The summed E-state index contributed by atoms with van der Waals surface area (Å²) in [5.74, 6) is -2.90. The Bertz CT molecular complexity index is 654. The fourth-order valence-electron chi connectivity index (χ4n) is 3.18. The second-order valence-corrected chi connectivity index (χ2v) is 6.22. The van der Waals surface area contributed by atoms with E-state index < -0.39 is 29.6 Å². The molecule has 0 aromatic heterocycles. The first kappa shape index (κ1) is 17.6. The number of halogens is 2. The number of benzene rings is 1. The lowest BCUT2D eigenvalue weighted by molar-refractivity contribution is -0.142. The van der Waals surface area contributed by atoms with Gasteiger partial charge in [-0.05, 0) is 17.7 Å². The van der Waals surface area contributed by atoms with E-state index in [2.05, 4.69) is 5.32 Å². The monoisotopic (exact) mass is 354 g/mol. The number of rotatable bonds is 4. The van der Waals surface area contributed by atoms with Crippen LogP contribution in [0.5, 0.6) is 0 Å². The molecular weight excluding hydrogens is 334 g/mol. The molecule has 0 aliphatic carbocycles. The molecule has 0 bridgehead atoms. The molecule has 1 aromatic carbocycles. The van der Waals surface area contributed by atoms with Crippen molar-refractivity contribution in [3.8, 4) is 0 Å². The second-order valence-electron chi connectivity index (χ2n) is 6.22. The Morgan fingerprint density at radius 2 is 1.92 bits per heavy atom. The number of nitrogens with one attached hydrogen (secondary N) is 1. The normalized spacial score (nSPS) is 23.5. The summed E-state index contributed by atoms with van der Waals surface area (Å²) in [6.07, 6.45) is -0.221. The van der Waals surface area contributed by atoms with Gasteiger partial charge in [0.05, 0.1) is 25.7 Å². The highest BCUT2D eigenvalue weighted by molar-refractivity contribution is 5.81. The number of cyclic esters (lactones) is 1. The lowest BCUT2D eigenvalue weighted by Crippen LogP contribution is -2.37. The predicted octanol–water partition coefficient (Wildman–Crippen LogP) is 1.34. The molecule has 25 heavy (non-hydrogen) atoms. The van der Waals surface area contributed by atoms with Gasteiger partial charge in [0, 0.05) is 26.4 Å². The van der Waals surface area contributed by atoms with E-state index in [1.54, 1.807) is 4.90 Å². The molecule has 2 atom stereocenters. The van der Waals surface area contributed by atoms with E-state index in [-0.39, 0.29) is 30.1 Å². The Morgan fingerprint density at radius 1 is 1.28 bits per heavy atom. The standard InChI is InChI=1S/C17H20F2N2O4/c1-10(22)20-9-12-8-13(17(23)25-12)11-6-14(18)16(15(19)7-11)21-2-4-24-5-3-21/h6-7,12-13H,2-5,8-9H2,1H3,(H,20,22)/t12?,13-/m1/s1. The summed E-state index contributed by atoms with van der Waals surface area (Å²) in [7, 11) is 0. The number of hydrogen-bond acceptors (Lipinski definition) is 5. The SMILES string of the molecule is CC(=O)NCC1C[C@H](c2cc(F)c(N3CCOCC3)c(F)c2)C(=O)O1. The molecule has 136 valence electrons. The molecule has 2 saturated heterocycles. The number of anilines is 1. The third kappa shape index (κ3) is 3.89. The minimum Gasteiger partial charge on any atom is -0.460 e. The number of carbonyl (C=O) groups is 2. The van der Waals surface area contributed by atoms with Gasteiger partial charge >= 0.3 is 5.97 Å². The maximum Gasteiger partial charge on any atom is 0.313 e. The van der Waals surface area contributed by atoms with E-state index in [4.69, 9.17) is 9.47 Å². The third-order valence-electron chi connectivity index (χ3n) is 4.41. The predicted molar refractivity (Wildman–Crippen MR) is 85.3 cm³/mol. The van der Waals surface area contributed by atoms with Gasteiger partial charge in [0.15, 0.2) is 0 Å². The van der Waals surface area contributed by atoms with Crippen molar-refractivity contribution in [3.05, 3.63) is 29.3 Å². The van der Waals surface area contributed by atoms with Crippen LogP contribution < -0.4 is 10.2 Å². The fourth-order valence-corrected chi connectivity index (χ4v) is 3.18. The second kappa shape index (κ2) is 7.35. The lowest BCUT2D eigenvalue weighted by Gasteiger charge is -2.29. The highest BCUT2D eigenvalue weighted by Crippen LogP contribution is 2.34. The first-order valence-electron chi connectivity index (χ1n) is 8.22. The Morgan fingerprint density at radius 3 is 2.52 bits per heavy atom. The molecular formula is C17H20F2N2O4. The highest BCUT2D eigenvalue weighted by Gasteiger charge is 2.36. The average Bonchev–Trinajstić information content (AvgIpc) is 2.94. The van der Waals surface area contributed by atoms with Crippen molar-refractivity contribution in [2.24, 2.45) is 0 Å². The molecule has 8 heteroatoms. The number of nitrogens with zero attached hydrogens (tertiary/aromatic N) is 1. The smallest absolute Gasteiger partial charge is 0.313 e. The molecule has 1 unspecified atom stereocenters.